The summed E-state index contributed by atoms with van der Waals surface area (Å²) in [4.78, 5) is 4.66. The van der Waals surface area contributed by atoms with Crippen LogP contribution < -0.4 is 9.46 Å². The highest BCUT2D eigenvalue weighted by molar-refractivity contribution is 7.92. The lowest BCUT2D eigenvalue weighted by atomic mass is 9.96. The predicted molar refractivity (Wildman–Crippen MR) is 141 cm³/mol. The number of hydrogen-bond donors (Lipinski definition) is 1. The van der Waals surface area contributed by atoms with E-state index in [9.17, 15) is 8.42 Å². The lowest BCUT2D eigenvalue weighted by Crippen LogP contribution is -2.15. The Bertz CT molecular complexity index is 1520. The predicted octanol–water partition coefficient (Wildman–Crippen LogP) is 6.22. The molecule has 0 aliphatic carbocycles. The summed E-state index contributed by atoms with van der Waals surface area (Å²) in [7, 11) is -3.90. The molecule has 2 aromatic heterocycles. The third-order valence-electron chi connectivity index (χ3n) is 6.40. The summed E-state index contributed by atoms with van der Waals surface area (Å²) in [6, 6.07) is 15.0. The van der Waals surface area contributed by atoms with Gasteiger partial charge >= 0.3 is 0 Å². The van der Waals surface area contributed by atoms with Crippen LogP contribution in [0.1, 0.15) is 46.3 Å². The highest BCUT2D eigenvalue weighted by Gasteiger charge is 2.23. The van der Waals surface area contributed by atoms with E-state index < -0.39 is 10.0 Å². The molecule has 2 heterocycles. The van der Waals surface area contributed by atoms with Crippen molar-refractivity contribution in [2.75, 3.05) is 4.72 Å². The van der Waals surface area contributed by atoms with Gasteiger partial charge in [0.25, 0.3) is 10.0 Å². The van der Waals surface area contributed by atoms with Gasteiger partial charge in [-0.05, 0) is 63.8 Å². The molecule has 0 unspecified atom stereocenters. The first-order chi connectivity index (χ1) is 17.1. The molecule has 0 aliphatic heterocycles. The molecule has 0 aliphatic rings. The summed E-state index contributed by atoms with van der Waals surface area (Å²) in [6.45, 7) is 11.9. The van der Waals surface area contributed by atoms with E-state index >= 15 is 0 Å². The lowest BCUT2D eigenvalue weighted by molar-refractivity contribution is 0.303. The maximum Gasteiger partial charge on any atom is 0.263 e. The maximum absolute atomic E-state index is 13.4. The van der Waals surface area contributed by atoms with Crippen LogP contribution in [0.4, 0.5) is 5.82 Å². The van der Waals surface area contributed by atoms with Gasteiger partial charge in [-0.1, -0.05) is 48.5 Å². The molecule has 188 valence electrons. The SMILES string of the molecule is CCc1cc(COc2cc(C)nc(C)c2C)ccc1-c1ccccc1S(=O)(=O)Nc1noc(C)c1C. The van der Waals surface area contributed by atoms with Crippen molar-refractivity contribution in [3.8, 4) is 16.9 Å². The van der Waals surface area contributed by atoms with E-state index in [0.29, 0.717) is 23.5 Å². The highest BCUT2D eigenvalue weighted by Crippen LogP contribution is 2.33. The molecule has 36 heavy (non-hydrogen) atoms. The number of hydrogen-bond acceptors (Lipinski definition) is 6. The summed E-state index contributed by atoms with van der Waals surface area (Å²) in [5, 5.41) is 3.85. The summed E-state index contributed by atoms with van der Waals surface area (Å²) in [5.74, 6) is 1.59. The van der Waals surface area contributed by atoms with E-state index in [1.54, 1.807) is 26.0 Å². The van der Waals surface area contributed by atoms with Crippen LogP contribution in [0.3, 0.4) is 0 Å². The van der Waals surface area contributed by atoms with Crippen LogP contribution in [0.5, 0.6) is 5.75 Å². The smallest absolute Gasteiger partial charge is 0.263 e. The van der Waals surface area contributed by atoms with E-state index in [0.717, 1.165) is 45.8 Å². The fourth-order valence-electron chi connectivity index (χ4n) is 4.08. The van der Waals surface area contributed by atoms with Crippen molar-refractivity contribution in [3.63, 3.8) is 0 Å². The van der Waals surface area contributed by atoms with Gasteiger partial charge in [0.15, 0.2) is 5.82 Å². The number of aryl methyl sites for hydroxylation is 4. The standard InChI is InChI=1S/C28H31N3O4S/c1-7-23-15-22(16-34-26-14-17(2)29-20(5)18(26)3)12-13-24(23)25-10-8-9-11-27(25)36(32,33)31-28-19(4)21(6)35-30-28/h8-15H,7,16H2,1-6H3,(H,30,31). The van der Waals surface area contributed by atoms with Crippen LogP contribution in [0.15, 0.2) is 57.9 Å². The average Bonchev–Trinajstić information content (AvgIpc) is 3.16. The molecule has 0 bridgehead atoms. The minimum absolute atomic E-state index is 0.183. The van der Waals surface area contributed by atoms with Crippen molar-refractivity contribution >= 4 is 15.8 Å². The van der Waals surface area contributed by atoms with Crippen LogP contribution in [-0.4, -0.2) is 18.6 Å². The molecule has 8 heteroatoms. The molecule has 0 saturated carbocycles. The second kappa shape index (κ2) is 10.1. The second-order valence-electron chi connectivity index (χ2n) is 8.92. The lowest BCUT2D eigenvalue weighted by Gasteiger charge is -2.16. The van der Waals surface area contributed by atoms with E-state index in [4.69, 9.17) is 9.26 Å². The van der Waals surface area contributed by atoms with E-state index in [1.807, 2.05) is 51.1 Å². The zero-order valence-corrected chi connectivity index (χ0v) is 22.3. The van der Waals surface area contributed by atoms with Gasteiger partial charge in [-0.3, -0.25) is 9.71 Å². The number of anilines is 1. The minimum Gasteiger partial charge on any atom is -0.488 e. The number of ether oxygens (including phenoxy) is 1. The van der Waals surface area contributed by atoms with Crippen molar-refractivity contribution < 1.29 is 17.7 Å². The Labute approximate surface area is 212 Å². The van der Waals surface area contributed by atoms with Gasteiger partial charge in [0.2, 0.25) is 0 Å². The quantitative estimate of drug-likeness (QED) is 0.305. The minimum atomic E-state index is -3.90. The van der Waals surface area contributed by atoms with Crippen molar-refractivity contribution in [2.24, 2.45) is 0 Å². The first-order valence-corrected chi connectivity index (χ1v) is 13.3. The molecule has 0 radical (unpaired) electrons. The second-order valence-corrected chi connectivity index (χ2v) is 10.6. The Morgan fingerprint density at radius 1 is 0.944 bits per heavy atom. The monoisotopic (exact) mass is 505 g/mol. The van der Waals surface area contributed by atoms with E-state index in [1.165, 1.54) is 0 Å². The molecule has 0 saturated heterocycles. The van der Waals surface area contributed by atoms with Gasteiger partial charge in [0, 0.05) is 34.1 Å². The molecule has 2 aromatic carbocycles. The fourth-order valence-corrected chi connectivity index (χ4v) is 5.36. The average molecular weight is 506 g/mol. The normalized spacial score (nSPS) is 11.5. The van der Waals surface area contributed by atoms with Crippen molar-refractivity contribution in [3.05, 3.63) is 87.9 Å². The Kier molecular flexibility index (Phi) is 7.17. The van der Waals surface area contributed by atoms with Gasteiger partial charge < -0.3 is 9.26 Å². The molecule has 0 atom stereocenters. The molecule has 4 aromatic rings. The number of aromatic nitrogens is 2. The Morgan fingerprint density at radius 3 is 2.39 bits per heavy atom. The van der Waals surface area contributed by atoms with Crippen LogP contribution in [0.2, 0.25) is 0 Å². The van der Waals surface area contributed by atoms with Crippen LogP contribution in [0, 0.1) is 34.6 Å². The van der Waals surface area contributed by atoms with Crippen LogP contribution in [-0.2, 0) is 23.1 Å². The molecule has 4 rings (SSSR count). The third kappa shape index (κ3) is 5.14. The Morgan fingerprint density at radius 2 is 1.69 bits per heavy atom. The molecule has 0 fully saturated rings. The third-order valence-corrected chi connectivity index (χ3v) is 7.79. The van der Waals surface area contributed by atoms with Gasteiger partial charge in [0.1, 0.15) is 18.1 Å². The molecule has 0 spiro atoms. The summed E-state index contributed by atoms with van der Waals surface area (Å²) >= 11 is 0. The van der Waals surface area contributed by atoms with E-state index in [-0.39, 0.29) is 10.7 Å². The fraction of sp³-hybridized carbons (Fsp3) is 0.286. The van der Waals surface area contributed by atoms with Gasteiger partial charge in [-0.2, -0.15) is 0 Å². The van der Waals surface area contributed by atoms with Gasteiger partial charge in [-0.25, -0.2) is 8.42 Å². The number of benzene rings is 2. The topological polar surface area (TPSA) is 94.3 Å². The first-order valence-electron chi connectivity index (χ1n) is 11.8. The summed E-state index contributed by atoms with van der Waals surface area (Å²) in [5.41, 5.74) is 7.09. The molecule has 0 amide bonds. The molecular formula is C28H31N3O4S. The zero-order valence-electron chi connectivity index (χ0n) is 21.5. The van der Waals surface area contributed by atoms with Crippen molar-refractivity contribution in [1.82, 2.24) is 10.1 Å². The summed E-state index contributed by atoms with van der Waals surface area (Å²) < 4.78 is 40.5. The molecule has 1 N–H and O–H groups in total. The van der Waals surface area contributed by atoms with Crippen LogP contribution in [0.25, 0.3) is 11.1 Å². The summed E-state index contributed by atoms with van der Waals surface area (Å²) in [6.07, 6.45) is 0.735. The van der Waals surface area contributed by atoms with Crippen LogP contribution >= 0.6 is 0 Å². The van der Waals surface area contributed by atoms with E-state index in [2.05, 4.69) is 27.9 Å². The Hall–Kier alpha value is -3.65. The highest BCUT2D eigenvalue weighted by atomic mass is 32.2. The number of nitrogens with one attached hydrogen (secondary N) is 1. The number of sulfonamides is 1. The molecular weight excluding hydrogens is 474 g/mol. The largest absolute Gasteiger partial charge is 0.488 e. The molecule has 7 nitrogen and oxygen atoms in total. The first kappa shape index (κ1) is 25.4. The number of rotatable bonds is 8. The number of pyridine rings is 1. The number of nitrogens with zero attached hydrogens (tertiary/aromatic N) is 2. The van der Waals surface area contributed by atoms with Gasteiger partial charge in [0.05, 0.1) is 4.90 Å². The van der Waals surface area contributed by atoms with Gasteiger partial charge in [-0.15, -0.1) is 0 Å². The zero-order chi connectivity index (χ0) is 26.0. The maximum atomic E-state index is 13.4. The Balaban J connectivity index is 1.65. The van der Waals surface area contributed by atoms with Crippen molar-refractivity contribution in [1.29, 1.82) is 0 Å². The van der Waals surface area contributed by atoms with Crippen molar-refractivity contribution in [2.45, 2.75) is 59.5 Å².